The molecule has 0 N–H and O–H groups in total. The Balaban J connectivity index is 1.77. The minimum absolute atomic E-state index is 0.0145. The summed E-state index contributed by atoms with van der Waals surface area (Å²) < 4.78 is 5.31. The van der Waals surface area contributed by atoms with E-state index >= 15 is 0 Å². The van der Waals surface area contributed by atoms with Gasteiger partial charge in [-0.1, -0.05) is 17.2 Å². The van der Waals surface area contributed by atoms with Crippen molar-refractivity contribution in [2.45, 2.75) is 13.8 Å². The summed E-state index contributed by atoms with van der Waals surface area (Å²) in [6.07, 6.45) is 4.92. The SMILES string of the molecule is Cc1cc(C)cc(C(=O)/C=C/c2csc(-c3ccco3)n2)c1. The summed E-state index contributed by atoms with van der Waals surface area (Å²) in [5, 5.41) is 2.71. The Morgan fingerprint density at radius 3 is 2.68 bits per heavy atom. The summed E-state index contributed by atoms with van der Waals surface area (Å²) in [5.74, 6) is 0.727. The fraction of sp³-hybridized carbons (Fsp3) is 0.111. The van der Waals surface area contributed by atoms with Crippen molar-refractivity contribution in [2.75, 3.05) is 0 Å². The third kappa shape index (κ3) is 3.23. The summed E-state index contributed by atoms with van der Waals surface area (Å²) in [7, 11) is 0. The number of ketones is 1. The summed E-state index contributed by atoms with van der Waals surface area (Å²) in [6.45, 7) is 3.98. The Kier molecular flexibility index (Phi) is 4.02. The number of nitrogens with zero attached hydrogens (tertiary/aromatic N) is 1. The van der Waals surface area contributed by atoms with Crippen LogP contribution in [0.3, 0.4) is 0 Å². The molecule has 0 spiro atoms. The number of carbonyl (C=O) groups is 1. The zero-order chi connectivity index (χ0) is 15.5. The number of allylic oxidation sites excluding steroid dienone is 1. The van der Waals surface area contributed by atoms with Gasteiger partial charge in [-0.2, -0.15) is 0 Å². The number of thiazole rings is 1. The van der Waals surface area contributed by atoms with Gasteiger partial charge in [0, 0.05) is 10.9 Å². The molecule has 0 fully saturated rings. The minimum atomic E-state index is -0.0145. The van der Waals surface area contributed by atoms with Crippen molar-refractivity contribution in [3.05, 3.63) is 70.4 Å². The van der Waals surface area contributed by atoms with E-state index in [9.17, 15) is 4.79 Å². The largest absolute Gasteiger partial charge is 0.462 e. The molecule has 0 aliphatic rings. The van der Waals surface area contributed by atoms with Gasteiger partial charge in [-0.3, -0.25) is 4.79 Å². The second kappa shape index (κ2) is 6.12. The van der Waals surface area contributed by atoms with Crippen LogP contribution in [0, 0.1) is 13.8 Å². The third-order valence-electron chi connectivity index (χ3n) is 3.17. The molecule has 110 valence electrons. The first-order valence-electron chi connectivity index (χ1n) is 6.92. The van der Waals surface area contributed by atoms with Crippen molar-refractivity contribution in [1.82, 2.24) is 4.98 Å². The van der Waals surface area contributed by atoms with Gasteiger partial charge in [-0.25, -0.2) is 4.98 Å². The van der Waals surface area contributed by atoms with Gasteiger partial charge >= 0.3 is 0 Å². The fourth-order valence-corrected chi connectivity index (χ4v) is 3.00. The van der Waals surface area contributed by atoms with Crippen molar-refractivity contribution >= 4 is 23.2 Å². The van der Waals surface area contributed by atoms with Gasteiger partial charge in [0.15, 0.2) is 16.6 Å². The maximum atomic E-state index is 12.2. The Labute approximate surface area is 132 Å². The van der Waals surface area contributed by atoms with Crippen LogP contribution in [0.25, 0.3) is 16.8 Å². The van der Waals surface area contributed by atoms with E-state index in [1.165, 1.54) is 11.3 Å². The molecule has 2 aromatic heterocycles. The maximum absolute atomic E-state index is 12.2. The number of aromatic nitrogens is 1. The zero-order valence-corrected chi connectivity index (χ0v) is 13.2. The number of furan rings is 1. The molecule has 3 rings (SSSR count). The van der Waals surface area contributed by atoms with Crippen LogP contribution in [-0.4, -0.2) is 10.8 Å². The molecular weight excluding hydrogens is 294 g/mol. The third-order valence-corrected chi connectivity index (χ3v) is 4.04. The number of benzene rings is 1. The van der Waals surface area contributed by atoms with E-state index in [2.05, 4.69) is 11.1 Å². The predicted octanol–water partition coefficient (Wildman–Crippen LogP) is 4.92. The lowest BCUT2D eigenvalue weighted by Crippen LogP contribution is -1.95. The molecule has 0 atom stereocenters. The fourth-order valence-electron chi connectivity index (χ4n) is 2.25. The normalized spacial score (nSPS) is 11.2. The van der Waals surface area contributed by atoms with Crippen LogP contribution in [-0.2, 0) is 0 Å². The van der Waals surface area contributed by atoms with Gasteiger partial charge in [0.1, 0.15) is 0 Å². The molecule has 0 unspecified atom stereocenters. The highest BCUT2D eigenvalue weighted by molar-refractivity contribution is 7.13. The highest BCUT2D eigenvalue weighted by Gasteiger charge is 2.07. The number of aryl methyl sites for hydroxylation is 2. The van der Waals surface area contributed by atoms with E-state index in [1.807, 2.05) is 43.5 Å². The molecule has 22 heavy (non-hydrogen) atoms. The molecule has 0 radical (unpaired) electrons. The highest BCUT2D eigenvalue weighted by Crippen LogP contribution is 2.24. The molecule has 3 nitrogen and oxygen atoms in total. The van der Waals surface area contributed by atoms with Crippen molar-refractivity contribution in [1.29, 1.82) is 0 Å². The van der Waals surface area contributed by atoms with E-state index in [4.69, 9.17) is 4.42 Å². The van der Waals surface area contributed by atoms with E-state index in [1.54, 1.807) is 18.4 Å². The quantitative estimate of drug-likeness (QED) is 0.507. The van der Waals surface area contributed by atoms with Gasteiger partial charge in [0.05, 0.1) is 12.0 Å². The molecule has 4 heteroatoms. The second-order valence-electron chi connectivity index (χ2n) is 5.13. The first kappa shape index (κ1) is 14.5. The lowest BCUT2D eigenvalue weighted by Gasteiger charge is -2.00. The first-order valence-corrected chi connectivity index (χ1v) is 7.80. The maximum Gasteiger partial charge on any atom is 0.185 e. The number of carbonyl (C=O) groups excluding carboxylic acids is 1. The second-order valence-corrected chi connectivity index (χ2v) is 5.99. The lowest BCUT2D eigenvalue weighted by molar-refractivity contribution is 0.104. The van der Waals surface area contributed by atoms with Gasteiger partial charge in [-0.15, -0.1) is 11.3 Å². The lowest BCUT2D eigenvalue weighted by atomic mass is 10.0. The van der Waals surface area contributed by atoms with Gasteiger partial charge in [0.25, 0.3) is 0 Å². The van der Waals surface area contributed by atoms with Crippen LogP contribution in [0.2, 0.25) is 0 Å². The summed E-state index contributed by atoms with van der Waals surface area (Å²) in [6, 6.07) is 9.55. The molecule has 0 bridgehead atoms. The molecule has 1 aromatic carbocycles. The molecule has 0 aliphatic heterocycles. The minimum Gasteiger partial charge on any atom is -0.462 e. The molecule has 0 amide bonds. The van der Waals surface area contributed by atoms with Crippen LogP contribution < -0.4 is 0 Å². The first-order chi connectivity index (χ1) is 10.6. The van der Waals surface area contributed by atoms with Gasteiger partial charge in [0.2, 0.25) is 0 Å². The van der Waals surface area contributed by atoms with E-state index in [0.717, 1.165) is 27.6 Å². The van der Waals surface area contributed by atoms with Crippen molar-refractivity contribution in [3.8, 4) is 10.8 Å². The van der Waals surface area contributed by atoms with Crippen LogP contribution in [0.15, 0.2) is 52.5 Å². The Hall–Kier alpha value is -2.46. The molecule has 3 aromatic rings. The smallest absolute Gasteiger partial charge is 0.185 e. The van der Waals surface area contributed by atoms with Gasteiger partial charge < -0.3 is 4.42 Å². The summed E-state index contributed by atoms with van der Waals surface area (Å²) in [5.41, 5.74) is 3.64. The number of rotatable bonds is 4. The Morgan fingerprint density at radius 2 is 2.00 bits per heavy atom. The molecule has 0 saturated carbocycles. The Morgan fingerprint density at radius 1 is 1.23 bits per heavy atom. The van der Waals surface area contributed by atoms with E-state index < -0.39 is 0 Å². The van der Waals surface area contributed by atoms with Crippen LogP contribution >= 0.6 is 11.3 Å². The molecule has 0 saturated heterocycles. The van der Waals surface area contributed by atoms with Gasteiger partial charge in [-0.05, 0) is 50.3 Å². The average molecular weight is 309 g/mol. The molecule has 2 heterocycles. The topological polar surface area (TPSA) is 43.1 Å². The number of hydrogen-bond donors (Lipinski definition) is 0. The monoisotopic (exact) mass is 309 g/mol. The molecular formula is C18H15NO2S. The zero-order valence-electron chi connectivity index (χ0n) is 12.4. The highest BCUT2D eigenvalue weighted by atomic mass is 32.1. The Bertz CT molecular complexity index is 808. The summed E-state index contributed by atoms with van der Waals surface area (Å²) in [4.78, 5) is 16.7. The van der Waals surface area contributed by atoms with Crippen molar-refractivity contribution in [3.63, 3.8) is 0 Å². The van der Waals surface area contributed by atoms with E-state index in [-0.39, 0.29) is 5.78 Å². The molecule has 0 aliphatic carbocycles. The van der Waals surface area contributed by atoms with Crippen LogP contribution in [0.5, 0.6) is 0 Å². The predicted molar refractivity (Wildman–Crippen MR) is 89.1 cm³/mol. The van der Waals surface area contributed by atoms with Crippen molar-refractivity contribution in [2.24, 2.45) is 0 Å². The average Bonchev–Trinajstić information content (AvgIpc) is 3.14. The standard InChI is InChI=1S/C18H15NO2S/c1-12-8-13(2)10-14(9-12)16(20)6-5-15-11-22-18(19-15)17-4-3-7-21-17/h3-11H,1-2H3/b6-5+. The van der Waals surface area contributed by atoms with Crippen molar-refractivity contribution < 1.29 is 9.21 Å². The number of hydrogen-bond acceptors (Lipinski definition) is 4. The summed E-state index contributed by atoms with van der Waals surface area (Å²) >= 11 is 1.49. The van der Waals surface area contributed by atoms with E-state index in [0.29, 0.717) is 5.56 Å². The van der Waals surface area contributed by atoms with Crippen LogP contribution in [0.1, 0.15) is 27.2 Å². The van der Waals surface area contributed by atoms with Crippen LogP contribution in [0.4, 0.5) is 0 Å².